The number of nitrogens with zero attached hydrogens (tertiary/aromatic N) is 3. The monoisotopic (exact) mass is 375 g/mol. The molecule has 1 aromatic carbocycles. The van der Waals surface area contributed by atoms with Gasteiger partial charge in [-0.2, -0.15) is 0 Å². The van der Waals surface area contributed by atoms with Crippen LogP contribution in [0, 0.1) is 0 Å². The van der Waals surface area contributed by atoms with E-state index in [-0.39, 0.29) is 18.3 Å². The summed E-state index contributed by atoms with van der Waals surface area (Å²) in [6.07, 6.45) is 9.51. The number of hydrogen-bond donors (Lipinski definition) is 0. The standard InChI is InChI=1S/C19H22ClN3O3/c1-26-19(25)9-13-23(12-2-11-22-14-10-21-15-22)18(24)8-5-16-3-6-17(20)7-4-16/h3-8,10,14-15H,2,9,11-13H2,1H3/b8-5+. The molecule has 0 bridgehead atoms. The zero-order chi connectivity index (χ0) is 18.8. The van der Waals surface area contributed by atoms with E-state index in [0.29, 0.717) is 18.1 Å². The molecule has 0 aliphatic carbocycles. The van der Waals surface area contributed by atoms with Crippen LogP contribution < -0.4 is 0 Å². The number of halogens is 1. The molecule has 0 N–H and O–H groups in total. The van der Waals surface area contributed by atoms with E-state index in [1.54, 1.807) is 35.6 Å². The Hall–Kier alpha value is -2.60. The van der Waals surface area contributed by atoms with Crippen molar-refractivity contribution in [1.82, 2.24) is 14.5 Å². The summed E-state index contributed by atoms with van der Waals surface area (Å²) in [5.41, 5.74) is 0.883. The minimum Gasteiger partial charge on any atom is -0.469 e. The molecule has 6 nitrogen and oxygen atoms in total. The van der Waals surface area contributed by atoms with Gasteiger partial charge in [-0.05, 0) is 30.2 Å². The number of amides is 1. The lowest BCUT2D eigenvalue weighted by atomic mass is 10.2. The minimum atomic E-state index is -0.334. The van der Waals surface area contributed by atoms with Crippen LogP contribution in [0.3, 0.4) is 0 Å². The predicted molar refractivity (Wildman–Crippen MR) is 101 cm³/mol. The van der Waals surface area contributed by atoms with Crippen LogP contribution in [0.1, 0.15) is 18.4 Å². The van der Waals surface area contributed by atoms with Gasteiger partial charge in [0.25, 0.3) is 0 Å². The van der Waals surface area contributed by atoms with E-state index in [1.165, 1.54) is 13.2 Å². The van der Waals surface area contributed by atoms with Gasteiger partial charge in [0.2, 0.25) is 5.91 Å². The Labute approximate surface area is 158 Å². The van der Waals surface area contributed by atoms with Gasteiger partial charge in [-0.3, -0.25) is 9.59 Å². The number of hydrogen-bond acceptors (Lipinski definition) is 4. The van der Waals surface area contributed by atoms with E-state index in [2.05, 4.69) is 9.72 Å². The number of carbonyl (C=O) groups excluding carboxylic acids is 2. The highest BCUT2D eigenvalue weighted by atomic mass is 35.5. The molecular weight excluding hydrogens is 354 g/mol. The van der Waals surface area contributed by atoms with Gasteiger partial charge in [0.1, 0.15) is 0 Å². The van der Waals surface area contributed by atoms with Crippen LogP contribution in [0.25, 0.3) is 6.08 Å². The molecule has 26 heavy (non-hydrogen) atoms. The molecule has 1 aromatic heterocycles. The average Bonchev–Trinajstić information content (AvgIpc) is 3.16. The van der Waals surface area contributed by atoms with Gasteiger partial charge in [-0.25, -0.2) is 4.98 Å². The number of aryl methyl sites for hydroxylation is 1. The van der Waals surface area contributed by atoms with E-state index in [4.69, 9.17) is 11.6 Å². The Balaban J connectivity index is 1.94. The largest absolute Gasteiger partial charge is 0.469 e. The van der Waals surface area contributed by atoms with E-state index in [0.717, 1.165) is 18.5 Å². The summed E-state index contributed by atoms with van der Waals surface area (Å²) in [6, 6.07) is 7.21. The molecule has 1 amide bonds. The van der Waals surface area contributed by atoms with Gasteiger partial charge in [0.05, 0.1) is 19.9 Å². The molecule has 0 unspecified atom stereocenters. The summed E-state index contributed by atoms with van der Waals surface area (Å²) >= 11 is 5.86. The molecule has 0 saturated heterocycles. The van der Waals surface area contributed by atoms with Gasteiger partial charge in [-0.15, -0.1) is 0 Å². The van der Waals surface area contributed by atoms with Crippen LogP contribution in [0.4, 0.5) is 0 Å². The van der Waals surface area contributed by atoms with E-state index in [9.17, 15) is 9.59 Å². The average molecular weight is 376 g/mol. The van der Waals surface area contributed by atoms with Crippen molar-refractivity contribution in [2.75, 3.05) is 20.2 Å². The lowest BCUT2D eigenvalue weighted by Gasteiger charge is -2.21. The number of methoxy groups -OCH3 is 1. The molecule has 1 heterocycles. The third kappa shape index (κ3) is 6.72. The summed E-state index contributed by atoms with van der Waals surface area (Å²) in [7, 11) is 1.34. The first kappa shape index (κ1) is 19.7. The van der Waals surface area contributed by atoms with Crippen LogP contribution in [0.2, 0.25) is 5.02 Å². The maximum Gasteiger partial charge on any atom is 0.307 e. The normalized spacial score (nSPS) is 10.8. The summed E-state index contributed by atoms with van der Waals surface area (Å²) in [5.74, 6) is -0.478. The fourth-order valence-electron chi connectivity index (χ4n) is 2.37. The predicted octanol–water partition coefficient (Wildman–Crippen LogP) is 3.03. The van der Waals surface area contributed by atoms with Crippen molar-refractivity contribution in [3.05, 3.63) is 59.6 Å². The molecule has 0 aliphatic heterocycles. The summed E-state index contributed by atoms with van der Waals surface area (Å²) in [5, 5.41) is 0.646. The molecular formula is C19H22ClN3O3. The third-order valence-electron chi connectivity index (χ3n) is 3.82. The first-order valence-corrected chi connectivity index (χ1v) is 8.71. The topological polar surface area (TPSA) is 64.4 Å². The Bertz CT molecular complexity index is 727. The van der Waals surface area contributed by atoms with Crippen molar-refractivity contribution in [2.24, 2.45) is 0 Å². The Morgan fingerprint density at radius 1 is 1.27 bits per heavy atom. The van der Waals surface area contributed by atoms with Crippen molar-refractivity contribution in [1.29, 1.82) is 0 Å². The molecule has 138 valence electrons. The van der Waals surface area contributed by atoms with Gasteiger partial charge in [0.15, 0.2) is 0 Å². The van der Waals surface area contributed by atoms with Crippen molar-refractivity contribution >= 4 is 29.6 Å². The fourth-order valence-corrected chi connectivity index (χ4v) is 2.50. The number of rotatable bonds is 9. The lowest BCUT2D eigenvalue weighted by molar-refractivity contribution is -0.141. The molecule has 2 rings (SSSR count). The second kappa shape index (κ2) is 10.4. The second-order valence-corrected chi connectivity index (χ2v) is 6.13. The number of ether oxygens (including phenoxy) is 1. The number of imidazole rings is 1. The number of aromatic nitrogens is 2. The SMILES string of the molecule is COC(=O)CCN(CCCn1ccnc1)C(=O)/C=C/c1ccc(Cl)cc1. The highest BCUT2D eigenvalue weighted by Gasteiger charge is 2.13. The van der Waals surface area contributed by atoms with E-state index in [1.807, 2.05) is 22.9 Å². The smallest absolute Gasteiger partial charge is 0.307 e. The molecule has 0 saturated carbocycles. The van der Waals surface area contributed by atoms with E-state index < -0.39 is 0 Å². The highest BCUT2D eigenvalue weighted by Crippen LogP contribution is 2.11. The molecule has 0 aliphatic rings. The highest BCUT2D eigenvalue weighted by molar-refractivity contribution is 6.30. The van der Waals surface area contributed by atoms with E-state index >= 15 is 0 Å². The van der Waals surface area contributed by atoms with Crippen LogP contribution in [-0.4, -0.2) is 46.5 Å². The number of benzene rings is 1. The fraction of sp³-hybridized carbons (Fsp3) is 0.316. The van der Waals surface area contributed by atoms with Crippen LogP contribution in [-0.2, 0) is 20.9 Å². The minimum absolute atomic E-state index is 0.144. The summed E-state index contributed by atoms with van der Waals surface area (Å²) in [6.45, 7) is 1.61. The maximum absolute atomic E-state index is 12.5. The van der Waals surface area contributed by atoms with Gasteiger partial charge in [-0.1, -0.05) is 23.7 Å². The third-order valence-corrected chi connectivity index (χ3v) is 4.07. The van der Waals surface area contributed by atoms with Crippen LogP contribution in [0.5, 0.6) is 0 Å². The Kier molecular flexibility index (Phi) is 7.89. The van der Waals surface area contributed by atoms with Crippen molar-refractivity contribution < 1.29 is 14.3 Å². The van der Waals surface area contributed by atoms with Gasteiger partial charge >= 0.3 is 5.97 Å². The molecule has 0 fully saturated rings. The Morgan fingerprint density at radius 2 is 2.04 bits per heavy atom. The van der Waals surface area contributed by atoms with Crippen molar-refractivity contribution in [3.63, 3.8) is 0 Å². The zero-order valence-corrected chi connectivity index (χ0v) is 15.4. The van der Waals surface area contributed by atoms with Crippen molar-refractivity contribution in [3.8, 4) is 0 Å². The Morgan fingerprint density at radius 3 is 2.69 bits per heavy atom. The molecule has 0 radical (unpaired) electrons. The molecule has 7 heteroatoms. The second-order valence-electron chi connectivity index (χ2n) is 5.69. The van der Waals surface area contributed by atoms with Crippen LogP contribution in [0.15, 0.2) is 49.1 Å². The van der Waals surface area contributed by atoms with Gasteiger partial charge < -0.3 is 14.2 Å². The molecule has 2 aromatic rings. The zero-order valence-electron chi connectivity index (χ0n) is 14.7. The lowest BCUT2D eigenvalue weighted by Crippen LogP contribution is -2.33. The van der Waals surface area contributed by atoms with Gasteiger partial charge in [0, 0.05) is 43.1 Å². The van der Waals surface area contributed by atoms with Crippen LogP contribution >= 0.6 is 11.6 Å². The first-order chi connectivity index (χ1) is 12.6. The van der Waals surface area contributed by atoms with Crippen molar-refractivity contribution in [2.45, 2.75) is 19.4 Å². The summed E-state index contributed by atoms with van der Waals surface area (Å²) < 4.78 is 6.62. The number of esters is 1. The quantitative estimate of drug-likeness (QED) is 0.499. The molecule has 0 atom stereocenters. The first-order valence-electron chi connectivity index (χ1n) is 8.33. The maximum atomic E-state index is 12.5. The summed E-state index contributed by atoms with van der Waals surface area (Å²) in [4.78, 5) is 29.6. The molecule has 0 spiro atoms. The number of carbonyl (C=O) groups is 2.